The van der Waals surface area contributed by atoms with Gasteiger partial charge < -0.3 is 15.5 Å². The topological polar surface area (TPSA) is 69.6 Å². The van der Waals surface area contributed by atoms with E-state index >= 15 is 0 Å². The van der Waals surface area contributed by atoms with E-state index in [4.69, 9.17) is 0 Å². The van der Waals surface area contributed by atoms with Crippen LogP contribution < -0.4 is 5.32 Å². The number of aliphatic hydroxyl groups excluding tert-OH is 2. The standard InChI is InChI=1S/C45H85NO3/c1-3-5-7-9-11-13-15-17-19-21-22-23-24-25-27-29-31-33-35-37-39-41-45(49)46-43(42-47)44(48)40-38-36-34-32-30-28-26-20-18-16-14-12-10-8-6-4-2/h15,17,21-22,24-25,43-44,47-48H,3-14,16,18-20,23,26-42H2,1-2H3,(H,46,49)/b17-15-,22-21-,25-24-. The smallest absolute Gasteiger partial charge is 0.220 e. The Bertz CT molecular complexity index is 746. The van der Waals surface area contributed by atoms with Gasteiger partial charge in [0.1, 0.15) is 0 Å². The second-order valence-corrected chi connectivity index (χ2v) is 14.8. The van der Waals surface area contributed by atoms with Crippen LogP contribution in [0.3, 0.4) is 0 Å². The molecule has 0 aromatic carbocycles. The highest BCUT2D eigenvalue weighted by Gasteiger charge is 2.19. The number of nitrogens with one attached hydrogen (secondary N) is 1. The van der Waals surface area contributed by atoms with Gasteiger partial charge in [-0.25, -0.2) is 0 Å². The first kappa shape index (κ1) is 47.6. The predicted octanol–water partition coefficient (Wildman–Crippen LogP) is 13.4. The molecule has 0 aliphatic carbocycles. The normalized spacial score (nSPS) is 13.3. The number of carbonyl (C=O) groups excluding carboxylic acids is 1. The molecule has 0 spiro atoms. The third-order valence-corrected chi connectivity index (χ3v) is 9.90. The largest absolute Gasteiger partial charge is 0.394 e. The minimum atomic E-state index is -0.664. The van der Waals surface area contributed by atoms with Crippen LogP contribution in [0.15, 0.2) is 36.5 Å². The highest BCUT2D eigenvalue weighted by Crippen LogP contribution is 2.15. The van der Waals surface area contributed by atoms with Gasteiger partial charge in [-0.05, 0) is 51.4 Å². The fourth-order valence-electron chi connectivity index (χ4n) is 6.54. The maximum atomic E-state index is 12.4. The fourth-order valence-corrected chi connectivity index (χ4v) is 6.54. The van der Waals surface area contributed by atoms with Crippen molar-refractivity contribution in [3.63, 3.8) is 0 Å². The molecule has 2 atom stereocenters. The lowest BCUT2D eigenvalue weighted by Gasteiger charge is -2.22. The van der Waals surface area contributed by atoms with Gasteiger partial charge in [-0.1, -0.05) is 204 Å². The average Bonchev–Trinajstić information content (AvgIpc) is 3.10. The Labute approximate surface area is 306 Å². The van der Waals surface area contributed by atoms with Crippen molar-refractivity contribution in [2.45, 2.75) is 238 Å². The lowest BCUT2D eigenvalue weighted by molar-refractivity contribution is -0.123. The Morgan fingerprint density at radius 2 is 0.837 bits per heavy atom. The quantitative estimate of drug-likeness (QED) is 0.0445. The molecule has 4 nitrogen and oxygen atoms in total. The molecule has 0 aliphatic rings. The molecule has 0 rings (SSSR count). The summed E-state index contributed by atoms with van der Waals surface area (Å²) < 4.78 is 0. The summed E-state index contributed by atoms with van der Waals surface area (Å²) >= 11 is 0. The third kappa shape index (κ3) is 37.7. The summed E-state index contributed by atoms with van der Waals surface area (Å²) in [5.41, 5.74) is 0. The Kier molecular flexibility index (Phi) is 39.9. The van der Waals surface area contributed by atoms with Crippen LogP contribution in [0.4, 0.5) is 0 Å². The summed E-state index contributed by atoms with van der Waals surface area (Å²) in [5.74, 6) is -0.0434. The molecule has 0 aliphatic heterocycles. The first-order valence-electron chi connectivity index (χ1n) is 21.7. The summed E-state index contributed by atoms with van der Waals surface area (Å²) in [4.78, 5) is 12.4. The van der Waals surface area contributed by atoms with Gasteiger partial charge in [-0.15, -0.1) is 0 Å². The van der Waals surface area contributed by atoms with E-state index < -0.39 is 12.1 Å². The van der Waals surface area contributed by atoms with Gasteiger partial charge in [0.15, 0.2) is 0 Å². The van der Waals surface area contributed by atoms with Crippen LogP contribution in [0.2, 0.25) is 0 Å². The molecule has 0 radical (unpaired) electrons. The second-order valence-electron chi connectivity index (χ2n) is 14.8. The van der Waals surface area contributed by atoms with E-state index in [2.05, 4.69) is 55.6 Å². The minimum Gasteiger partial charge on any atom is -0.394 e. The minimum absolute atomic E-state index is 0.0434. The number of hydrogen-bond donors (Lipinski definition) is 3. The summed E-state index contributed by atoms with van der Waals surface area (Å²) in [6.45, 7) is 4.35. The number of unbranched alkanes of at least 4 members (excludes halogenated alkanes) is 26. The Morgan fingerprint density at radius 3 is 1.24 bits per heavy atom. The van der Waals surface area contributed by atoms with E-state index in [-0.39, 0.29) is 12.5 Å². The molecule has 2 unspecified atom stereocenters. The highest BCUT2D eigenvalue weighted by atomic mass is 16.3. The zero-order chi connectivity index (χ0) is 35.7. The van der Waals surface area contributed by atoms with Crippen molar-refractivity contribution >= 4 is 5.91 Å². The molecule has 4 heteroatoms. The summed E-state index contributed by atoms with van der Waals surface area (Å²) in [6, 6.07) is -0.542. The van der Waals surface area contributed by atoms with Crippen LogP contribution >= 0.6 is 0 Å². The maximum absolute atomic E-state index is 12.4. The van der Waals surface area contributed by atoms with Gasteiger partial charge in [-0.2, -0.15) is 0 Å². The Morgan fingerprint density at radius 1 is 0.490 bits per heavy atom. The average molecular weight is 688 g/mol. The lowest BCUT2D eigenvalue weighted by atomic mass is 10.0. The number of hydrogen-bond acceptors (Lipinski definition) is 3. The number of amides is 1. The molecular weight excluding hydrogens is 602 g/mol. The monoisotopic (exact) mass is 688 g/mol. The van der Waals surface area contributed by atoms with Crippen LogP contribution in [-0.4, -0.2) is 34.9 Å². The van der Waals surface area contributed by atoms with E-state index in [9.17, 15) is 15.0 Å². The van der Waals surface area contributed by atoms with Gasteiger partial charge in [0.2, 0.25) is 5.91 Å². The molecule has 0 aromatic heterocycles. The summed E-state index contributed by atoms with van der Waals surface area (Å²) in [5, 5.41) is 23.2. The van der Waals surface area contributed by atoms with Gasteiger partial charge >= 0.3 is 0 Å². The Hall–Kier alpha value is -1.39. The van der Waals surface area contributed by atoms with Crippen LogP contribution in [0, 0.1) is 0 Å². The molecule has 0 saturated heterocycles. The number of rotatable bonds is 39. The van der Waals surface area contributed by atoms with Crippen LogP contribution in [-0.2, 0) is 4.79 Å². The zero-order valence-electron chi connectivity index (χ0n) is 33.0. The van der Waals surface area contributed by atoms with Crippen molar-refractivity contribution in [2.24, 2.45) is 0 Å². The first-order valence-corrected chi connectivity index (χ1v) is 21.7. The van der Waals surface area contributed by atoms with Crippen LogP contribution in [0.25, 0.3) is 0 Å². The van der Waals surface area contributed by atoms with E-state index in [0.717, 1.165) is 51.4 Å². The highest BCUT2D eigenvalue weighted by molar-refractivity contribution is 5.76. The second kappa shape index (κ2) is 41.0. The lowest BCUT2D eigenvalue weighted by Crippen LogP contribution is -2.45. The summed E-state index contributed by atoms with van der Waals surface area (Å²) in [7, 11) is 0. The molecule has 0 fully saturated rings. The molecule has 3 N–H and O–H groups in total. The van der Waals surface area contributed by atoms with Gasteiger partial charge in [-0.3, -0.25) is 4.79 Å². The molecule has 288 valence electrons. The van der Waals surface area contributed by atoms with Crippen molar-refractivity contribution in [1.82, 2.24) is 5.32 Å². The van der Waals surface area contributed by atoms with Crippen molar-refractivity contribution in [2.75, 3.05) is 6.61 Å². The number of allylic oxidation sites excluding steroid dienone is 6. The SMILES string of the molecule is CCCCCCC/C=C\C/C=C\C/C=C\CCCCCCCCC(=O)NC(CO)C(O)CCCCCCCCCCCCCCCCCC. The van der Waals surface area contributed by atoms with E-state index in [0.29, 0.717) is 12.8 Å². The van der Waals surface area contributed by atoms with Crippen molar-refractivity contribution < 1.29 is 15.0 Å². The first-order chi connectivity index (χ1) is 24.2. The van der Waals surface area contributed by atoms with E-state index in [1.165, 1.54) is 148 Å². The molecule has 1 amide bonds. The Balaban J connectivity index is 3.57. The van der Waals surface area contributed by atoms with Crippen LogP contribution in [0.1, 0.15) is 226 Å². The molecule has 0 saturated carbocycles. The molecule has 0 bridgehead atoms. The zero-order valence-corrected chi connectivity index (χ0v) is 33.0. The van der Waals surface area contributed by atoms with Gasteiger partial charge in [0, 0.05) is 6.42 Å². The number of carbonyl (C=O) groups is 1. The molecule has 49 heavy (non-hydrogen) atoms. The molecule has 0 aromatic rings. The number of aliphatic hydroxyl groups is 2. The van der Waals surface area contributed by atoms with Crippen molar-refractivity contribution in [3.8, 4) is 0 Å². The van der Waals surface area contributed by atoms with E-state index in [1.807, 2.05) is 0 Å². The van der Waals surface area contributed by atoms with Crippen LogP contribution in [0.5, 0.6) is 0 Å². The molecular formula is C45H85NO3. The van der Waals surface area contributed by atoms with Gasteiger partial charge in [0.25, 0.3) is 0 Å². The van der Waals surface area contributed by atoms with Crippen molar-refractivity contribution in [1.29, 1.82) is 0 Å². The van der Waals surface area contributed by atoms with Gasteiger partial charge in [0.05, 0.1) is 18.8 Å². The third-order valence-electron chi connectivity index (χ3n) is 9.90. The van der Waals surface area contributed by atoms with Crippen molar-refractivity contribution in [3.05, 3.63) is 36.5 Å². The summed E-state index contributed by atoms with van der Waals surface area (Å²) in [6.07, 6.45) is 53.5. The molecule has 0 heterocycles. The maximum Gasteiger partial charge on any atom is 0.220 e. The predicted molar refractivity (Wildman–Crippen MR) is 216 cm³/mol. The fraction of sp³-hybridized carbons (Fsp3) is 0.844. The van der Waals surface area contributed by atoms with E-state index in [1.54, 1.807) is 0 Å².